The average molecular weight is 273 g/mol. The van der Waals surface area contributed by atoms with Crippen molar-refractivity contribution in [3.05, 3.63) is 71.3 Å². The lowest BCUT2D eigenvalue weighted by atomic mass is 10.1. The molecular weight excluding hydrogens is 256 g/mol. The summed E-state index contributed by atoms with van der Waals surface area (Å²) in [6.45, 7) is 2.55. The molecule has 0 spiro atoms. The second kappa shape index (κ2) is 7.01. The van der Waals surface area contributed by atoms with Gasteiger partial charge in [-0.15, -0.1) is 11.6 Å². The van der Waals surface area contributed by atoms with Gasteiger partial charge in [0.2, 0.25) is 0 Å². The summed E-state index contributed by atoms with van der Waals surface area (Å²) in [4.78, 5) is 0. The van der Waals surface area contributed by atoms with E-state index < -0.39 is 0 Å². The first-order chi connectivity index (χ1) is 9.35. The molecule has 0 aromatic heterocycles. The summed E-state index contributed by atoms with van der Waals surface area (Å²) in [6, 6.07) is 16.2. The quantitative estimate of drug-likeness (QED) is 0.693. The summed E-state index contributed by atoms with van der Waals surface area (Å²) >= 11 is 5.98. The van der Waals surface area contributed by atoms with Crippen molar-refractivity contribution in [2.75, 3.05) is 0 Å². The average Bonchev–Trinajstić information content (AvgIpc) is 2.47. The molecule has 0 radical (unpaired) electrons. The number of alkyl halides is 1. The van der Waals surface area contributed by atoms with Crippen LogP contribution in [0.15, 0.2) is 54.6 Å². The zero-order chi connectivity index (χ0) is 13.5. The van der Waals surface area contributed by atoms with E-state index in [2.05, 4.69) is 12.1 Å². The van der Waals surface area contributed by atoms with E-state index in [9.17, 15) is 0 Å². The minimum atomic E-state index is 0.454. The van der Waals surface area contributed by atoms with Crippen LogP contribution < -0.4 is 4.74 Å². The summed E-state index contributed by atoms with van der Waals surface area (Å²) in [7, 11) is 0. The molecule has 2 aromatic carbocycles. The maximum atomic E-state index is 5.98. The van der Waals surface area contributed by atoms with Crippen molar-refractivity contribution in [3.8, 4) is 5.75 Å². The lowest BCUT2D eigenvalue weighted by Crippen LogP contribution is -1.99. The van der Waals surface area contributed by atoms with Gasteiger partial charge in [-0.25, -0.2) is 0 Å². The number of ether oxygens (including phenoxy) is 1. The van der Waals surface area contributed by atoms with Gasteiger partial charge in [0.25, 0.3) is 0 Å². The Morgan fingerprint density at radius 3 is 2.53 bits per heavy atom. The highest BCUT2D eigenvalue weighted by Gasteiger charge is 2.07. The molecule has 0 heterocycles. The van der Waals surface area contributed by atoms with Crippen LogP contribution in [0.3, 0.4) is 0 Å². The first-order valence-electron chi connectivity index (χ1n) is 6.32. The molecule has 0 fully saturated rings. The van der Waals surface area contributed by atoms with Crippen LogP contribution in [0.25, 0.3) is 6.08 Å². The molecule has 0 amide bonds. The number of halogens is 1. The van der Waals surface area contributed by atoms with Crippen molar-refractivity contribution in [1.29, 1.82) is 0 Å². The number of benzene rings is 2. The fourth-order valence-electron chi connectivity index (χ4n) is 1.93. The highest BCUT2D eigenvalue weighted by molar-refractivity contribution is 6.17. The van der Waals surface area contributed by atoms with Crippen LogP contribution in [-0.2, 0) is 12.5 Å². The Hall–Kier alpha value is -1.73. The molecule has 0 unspecified atom stereocenters. The van der Waals surface area contributed by atoms with Crippen LogP contribution >= 0.6 is 11.6 Å². The number of rotatable bonds is 5. The van der Waals surface area contributed by atoms with Gasteiger partial charge in [-0.1, -0.05) is 60.7 Å². The van der Waals surface area contributed by atoms with Crippen LogP contribution in [0.2, 0.25) is 0 Å². The fourth-order valence-corrected chi connectivity index (χ4v) is 2.14. The Morgan fingerprint density at radius 2 is 1.84 bits per heavy atom. The van der Waals surface area contributed by atoms with Gasteiger partial charge in [-0.2, -0.15) is 0 Å². The summed E-state index contributed by atoms with van der Waals surface area (Å²) in [5.74, 6) is 1.33. The highest BCUT2D eigenvalue weighted by Crippen LogP contribution is 2.27. The van der Waals surface area contributed by atoms with Crippen molar-refractivity contribution >= 4 is 17.7 Å². The Kier molecular flexibility index (Phi) is 5.05. The van der Waals surface area contributed by atoms with Gasteiger partial charge < -0.3 is 4.74 Å². The van der Waals surface area contributed by atoms with Gasteiger partial charge >= 0.3 is 0 Å². The van der Waals surface area contributed by atoms with Gasteiger partial charge in [-0.05, 0) is 12.5 Å². The molecule has 0 N–H and O–H groups in total. The predicted molar refractivity (Wildman–Crippen MR) is 81.5 cm³/mol. The second-order valence-electron chi connectivity index (χ2n) is 4.24. The van der Waals surface area contributed by atoms with E-state index in [1.54, 1.807) is 0 Å². The Bertz CT molecular complexity index is 546. The van der Waals surface area contributed by atoms with Crippen LogP contribution in [0, 0.1) is 0 Å². The molecule has 19 heavy (non-hydrogen) atoms. The topological polar surface area (TPSA) is 9.23 Å². The Morgan fingerprint density at radius 1 is 1.05 bits per heavy atom. The van der Waals surface area contributed by atoms with Crippen molar-refractivity contribution in [1.82, 2.24) is 0 Å². The standard InChI is InChI=1S/C17H17ClO/c1-2-7-15-10-6-11-16(12-18)17(15)19-13-14-8-4-3-5-9-14/h2-11H,12-13H2,1H3. The molecule has 0 aliphatic carbocycles. The Balaban J connectivity index is 2.22. The number of para-hydroxylation sites is 1. The van der Waals surface area contributed by atoms with Crippen LogP contribution in [0.1, 0.15) is 23.6 Å². The van der Waals surface area contributed by atoms with E-state index in [0.717, 1.165) is 22.4 Å². The normalized spacial score (nSPS) is 10.8. The summed E-state index contributed by atoms with van der Waals surface area (Å²) < 4.78 is 5.96. The third kappa shape index (κ3) is 3.62. The molecular formula is C17H17ClO. The van der Waals surface area contributed by atoms with Crippen molar-refractivity contribution < 1.29 is 4.74 Å². The molecule has 2 heteroatoms. The van der Waals surface area contributed by atoms with Gasteiger partial charge in [0, 0.05) is 11.1 Å². The van der Waals surface area contributed by atoms with E-state index in [1.807, 2.05) is 55.5 Å². The third-order valence-electron chi connectivity index (χ3n) is 2.84. The molecule has 0 aliphatic heterocycles. The van der Waals surface area contributed by atoms with Crippen molar-refractivity contribution in [2.24, 2.45) is 0 Å². The van der Waals surface area contributed by atoms with E-state index in [0.29, 0.717) is 12.5 Å². The molecule has 0 aliphatic rings. The first-order valence-corrected chi connectivity index (χ1v) is 6.86. The Labute approximate surface area is 119 Å². The van der Waals surface area contributed by atoms with Crippen molar-refractivity contribution in [3.63, 3.8) is 0 Å². The SMILES string of the molecule is CC=Cc1cccc(CCl)c1OCc1ccccc1. The molecule has 0 saturated heterocycles. The maximum absolute atomic E-state index is 5.98. The molecule has 2 rings (SSSR count). The molecule has 2 aromatic rings. The van der Waals surface area contributed by atoms with Crippen LogP contribution in [-0.4, -0.2) is 0 Å². The van der Waals surface area contributed by atoms with Gasteiger partial charge in [-0.3, -0.25) is 0 Å². The minimum Gasteiger partial charge on any atom is -0.488 e. The van der Waals surface area contributed by atoms with Gasteiger partial charge in [0.15, 0.2) is 0 Å². The lowest BCUT2D eigenvalue weighted by molar-refractivity contribution is 0.303. The maximum Gasteiger partial charge on any atom is 0.131 e. The van der Waals surface area contributed by atoms with Crippen molar-refractivity contribution in [2.45, 2.75) is 19.4 Å². The van der Waals surface area contributed by atoms with E-state index in [4.69, 9.17) is 16.3 Å². The van der Waals surface area contributed by atoms with Gasteiger partial charge in [0.05, 0.1) is 5.88 Å². The molecule has 98 valence electrons. The zero-order valence-corrected chi connectivity index (χ0v) is 11.7. The zero-order valence-electron chi connectivity index (χ0n) is 11.0. The summed E-state index contributed by atoms with van der Waals surface area (Å²) in [5.41, 5.74) is 3.24. The summed E-state index contributed by atoms with van der Waals surface area (Å²) in [6.07, 6.45) is 4.04. The smallest absolute Gasteiger partial charge is 0.131 e. The molecule has 0 saturated carbocycles. The summed E-state index contributed by atoms with van der Waals surface area (Å²) in [5, 5.41) is 0. The number of hydrogen-bond acceptors (Lipinski definition) is 1. The second-order valence-corrected chi connectivity index (χ2v) is 4.51. The predicted octanol–water partition coefficient (Wildman–Crippen LogP) is 5.04. The van der Waals surface area contributed by atoms with E-state index in [1.165, 1.54) is 0 Å². The number of allylic oxidation sites excluding steroid dienone is 1. The highest BCUT2D eigenvalue weighted by atomic mass is 35.5. The number of hydrogen-bond donors (Lipinski definition) is 0. The largest absolute Gasteiger partial charge is 0.488 e. The first kappa shape index (κ1) is 13.7. The van der Waals surface area contributed by atoms with Gasteiger partial charge in [0.1, 0.15) is 12.4 Å². The molecule has 0 atom stereocenters. The fraction of sp³-hybridized carbons (Fsp3) is 0.176. The van der Waals surface area contributed by atoms with Crippen LogP contribution in [0.4, 0.5) is 0 Å². The van der Waals surface area contributed by atoms with E-state index >= 15 is 0 Å². The monoisotopic (exact) mass is 272 g/mol. The third-order valence-corrected chi connectivity index (χ3v) is 3.13. The molecule has 0 bridgehead atoms. The minimum absolute atomic E-state index is 0.454. The van der Waals surface area contributed by atoms with E-state index in [-0.39, 0.29) is 0 Å². The molecule has 1 nitrogen and oxygen atoms in total. The van der Waals surface area contributed by atoms with Crippen LogP contribution in [0.5, 0.6) is 5.75 Å². The lowest BCUT2D eigenvalue weighted by Gasteiger charge is -2.13.